The van der Waals surface area contributed by atoms with E-state index in [-0.39, 0.29) is 11.8 Å². The Kier molecular flexibility index (Phi) is 10.8. The van der Waals surface area contributed by atoms with Gasteiger partial charge in [0.15, 0.2) is 0 Å². The van der Waals surface area contributed by atoms with Crippen LogP contribution < -0.4 is 5.32 Å². The van der Waals surface area contributed by atoms with E-state index in [0.29, 0.717) is 25.9 Å². The van der Waals surface area contributed by atoms with Gasteiger partial charge in [-0.1, -0.05) is 48.9 Å². The largest absolute Gasteiger partial charge is 0.355 e. The molecule has 0 spiro atoms. The number of carbonyl (C=O) groups excluding carboxylic acids is 2. The van der Waals surface area contributed by atoms with Crippen molar-refractivity contribution in [3.8, 4) is 0 Å². The van der Waals surface area contributed by atoms with Crippen LogP contribution in [0.3, 0.4) is 0 Å². The molecule has 0 aromatic heterocycles. The van der Waals surface area contributed by atoms with Crippen molar-refractivity contribution in [1.29, 1.82) is 0 Å². The van der Waals surface area contributed by atoms with Crippen LogP contribution in [-0.4, -0.2) is 41.6 Å². The van der Waals surface area contributed by atoms with Crippen molar-refractivity contribution >= 4 is 35.2 Å². The number of rotatable bonds is 12. The van der Waals surface area contributed by atoms with Crippen LogP contribution in [0.15, 0.2) is 59.5 Å². The number of carbonyl (C=O) groups is 2. The average molecular weight is 447 g/mol. The van der Waals surface area contributed by atoms with E-state index in [9.17, 15) is 9.59 Å². The molecule has 2 amide bonds. The van der Waals surface area contributed by atoms with Gasteiger partial charge in [0.1, 0.15) is 6.04 Å². The number of hydrogen-bond acceptors (Lipinski definition) is 3. The number of hydrogen-bond donors (Lipinski definition) is 1. The van der Waals surface area contributed by atoms with E-state index in [1.807, 2.05) is 56.3 Å². The third-order valence-electron chi connectivity index (χ3n) is 4.84. The van der Waals surface area contributed by atoms with Crippen LogP contribution in [0.4, 0.5) is 0 Å². The van der Waals surface area contributed by atoms with Gasteiger partial charge < -0.3 is 10.2 Å². The minimum absolute atomic E-state index is 0.0424. The van der Waals surface area contributed by atoms with Crippen molar-refractivity contribution in [2.45, 2.75) is 50.5 Å². The SMILES string of the molecule is CCNC(=O)C(CC)N(CCc1ccccc1)C(=O)CCCSc1ccc(Cl)cc1. The first-order chi connectivity index (χ1) is 14.5. The van der Waals surface area contributed by atoms with Crippen LogP contribution in [0.25, 0.3) is 0 Å². The van der Waals surface area contributed by atoms with Gasteiger partial charge in [0.2, 0.25) is 11.8 Å². The molecule has 0 saturated carbocycles. The smallest absolute Gasteiger partial charge is 0.242 e. The topological polar surface area (TPSA) is 49.4 Å². The third-order valence-corrected chi connectivity index (χ3v) is 6.19. The second-order valence-corrected chi connectivity index (χ2v) is 8.65. The summed E-state index contributed by atoms with van der Waals surface area (Å²) in [6.45, 7) is 4.96. The van der Waals surface area contributed by atoms with Crippen LogP contribution >= 0.6 is 23.4 Å². The number of thioether (sulfide) groups is 1. The van der Waals surface area contributed by atoms with E-state index in [0.717, 1.165) is 28.5 Å². The molecule has 0 bridgehead atoms. The number of likely N-dealkylation sites (N-methyl/N-ethyl adjacent to an activating group) is 1. The molecular weight excluding hydrogens is 416 g/mol. The number of amides is 2. The van der Waals surface area contributed by atoms with E-state index in [1.54, 1.807) is 16.7 Å². The zero-order valence-electron chi connectivity index (χ0n) is 17.8. The summed E-state index contributed by atoms with van der Waals surface area (Å²) in [5.41, 5.74) is 1.17. The lowest BCUT2D eigenvalue weighted by Crippen LogP contribution is -2.50. The molecule has 1 unspecified atom stereocenters. The molecule has 0 saturated heterocycles. The first-order valence-electron chi connectivity index (χ1n) is 10.5. The van der Waals surface area contributed by atoms with Crippen molar-refractivity contribution in [2.75, 3.05) is 18.8 Å². The fourth-order valence-electron chi connectivity index (χ4n) is 3.28. The second kappa shape index (κ2) is 13.3. The van der Waals surface area contributed by atoms with E-state index in [4.69, 9.17) is 11.6 Å². The molecule has 0 radical (unpaired) electrons. The van der Waals surface area contributed by atoms with Gasteiger partial charge in [-0.15, -0.1) is 11.8 Å². The highest BCUT2D eigenvalue weighted by Gasteiger charge is 2.27. The first-order valence-corrected chi connectivity index (χ1v) is 11.9. The van der Waals surface area contributed by atoms with Crippen LogP contribution in [-0.2, 0) is 16.0 Å². The predicted octanol–water partition coefficient (Wildman–Crippen LogP) is 5.20. The highest BCUT2D eigenvalue weighted by atomic mass is 35.5. The molecule has 4 nitrogen and oxygen atoms in total. The molecule has 2 aromatic carbocycles. The van der Waals surface area contributed by atoms with Crippen molar-refractivity contribution < 1.29 is 9.59 Å². The minimum atomic E-state index is -0.426. The summed E-state index contributed by atoms with van der Waals surface area (Å²) in [7, 11) is 0. The zero-order valence-corrected chi connectivity index (χ0v) is 19.3. The Labute approximate surface area is 189 Å². The molecule has 0 aliphatic rings. The van der Waals surface area contributed by atoms with Crippen LogP contribution in [0.1, 0.15) is 38.7 Å². The maximum Gasteiger partial charge on any atom is 0.242 e. The summed E-state index contributed by atoms with van der Waals surface area (Å²) in [5, 5.41) is 3.60. The summed E-state index contributed by atoms with van der Waals surface area (Å²) in [6, 6.07) is 17.4. The van der Waals surface area contributed by atoms with E-state index < -0.39 is 6.04 Å². The monoisotopic (exact) mass is 446 g/mol. The highest BCUT2D eigenvalue weighted by Crippen LogP contribution is 2.22. The van der Waals surface area contributed by atoms with Gasteiger partial charge in [-0.05, 0) is 61.8 Å². The van der Waals surface area contributed by atoms with Crippen LogP contribution in [0, 0.1) is 0 Å². The quantitative estimate of drug-likeness (QED) is 0.360. The van der Waals surface area contributed by atoms with E-state index in [1.165, 1.54) is 5.56 Å². The number of halogens is 1. The van der Waals surface area contributed by atoms with Crippen LogP contribution in [0.5, 0.6) is 0 Å². The van der Waals surface area contributed by atoms with Gasteiger partial charge in [-0.25, -0.2) is 0 Å². The lowest BCUT2D eigenvalue weighted by Gasteiger charge is -2.30. The van der Waals surface area contributed by atoms with E-state index in [2.05, 4.69) is 17.4 Å². The number of nitrogens with zero attached hydrogens (tertiary/aromatic N) is 1. The van der Waals surface area contributed by atoms with Crippen molar-refractivity contribution in [3.05, 3.63) is 65.2 Å². The Morgan fingerprint density at radius 1 is 1.07 bits per heavy atom. The van der Waals surface area contributed by atoms with Crippen molar-refractivity contribution in [1.82, 2.24) is 10.2 Å². The molecule has 0 aliphatic carbocycles. The van der Waals surface area contributed by atoms with Crippen molar-refractivity contribution in [2.24, 2.45) is 0 Å². The maximum atomic E-state index is 13.0. The zero-order chi connectivity index (χ0) is 21.8. The summed E-state index contributed by atoms with van der Waals surface area (Å²) in [6.07, 6.45) is 2.54. The predicted molar refractivity (Wildman–Crippen MR) is 126 cm³/mol. The standard InChI is InChI=1S/C24H31ClN2O2S/c1-3-22(24(29)26-4-2)27(17-16-19-9-6-5-7-10-19)23(28)11-8-18-30-21-14-12-20(25)13-15-21/h5-7,9-10,12-15,22H,3-4,8,11,16-18H2,1-2H3,(H,26,29). The maximum absolute atomic E-state index is 13.0. The highest BCUT2D eigenvalue weighted by molar-refractivity contribution is 7.99. The normalized spacial score (nSPS) is 11.7. The molecular formula is C24H31ClN2O2S. The van der Waals surface area contributed by atoms with Gasteiger partial charge in [0, 0.05) is 29.4 Å². The molecule has 162 valence electrons. The van der Waals surface area contributed by atoms with Gasteiger partial charge in [0.25, 0.3) is 0 Å². The Morgan fingerprint density at radius 3 is 2.40 bits per heavy atom. The molecule has 0 fully saturated rings. The molecule has 1 N–H and O–H groups in total. The second-order valence-electron chi connectivity index (χ2n) is 7.05. The first kappa shape index (κ1) is 24.3. The molecule has 6 heteroatoms. The molecule has 2 rings (SSSR count). The van der Waals surface area contributed by atoms with Crippen LogP contribution in [0.2, 0.25) is 5.02 Å². The summed E-state index contributed by atoms with van der Waals surface area (Å²) >= 11 is 7.64. The molecule has 0 aliphatic heterocycles. The summed E-state index contributed by atoms with van der Waals surface area (Å²) in [4.78, 5) is 28.5. The Bertz CT molecular complexity index is 784. The fraction of sp³-hybridized carbons (Fsp3) is 0.417. The van der Waals surface area contributed by atoms with Gasteiger partial charge >= 0.3 is 0 Å². The average Bonchev–Trinajstić information content (AvgIpc) is 2.76. The Balaban J connectivity index is 1.95. The molecule has 0 heterocycles. The van der Waals surface area contributed by atoms with E-state index >= 15 is 0 Å². The number of nitrogens with one attached hydrogen (secondary N) is 1. The minimum Gasteiger partial charge on any atom is -0.355 e. The lowest BCUT2D eigenvalue weighted by atomic mass is 10.1. The van der Waals surface area contributed by atoms with Gasteiger partial charge in [-0.3, -0.25) is 9.59 Å². The van der Waals surface area contributed by atoms with Crippen molar-refractivity contribution in [3.63, 3.8) is 0 Å². The van der Waals surface area contributed by atoms with Gasteiger partial charge in [-0.2, -0.15) is 0 Å². The number of benzene rings is 2. The Hall–Kier alpha value is -1.98. The Morgan fingerprint density at radius 2 is 1.77 bits per heavy atom. The molecule has 30 heavy (non-hydrogen) atoms. The summed E-state index contributed by atoms with van der Waals surface area (Å²) < 4.78 is 0. The fourth-order valence-corrected chi connectivity index (χ4v) is 4.25. The summed E-state index contributed by atoms with van der Waals surface area (Å²) in [5.74, 6) is 0.815. The lowest BCUT2D eigenvalue weighted by molar-refractivity contribution is -0.140. The third kappa shape index (κ3) is 8.04. The molecule has 1 atom stereocenters. The van der Waals surface area contributed by atoms with Gasteiger partial charge in [0.05, 0.1) is 0 Å². The molecule has 2 aromatic rings.